The molecule has 0 aromatic carbocycles. The van der Waals surface area contributed by atoms with E-state index in [1.165, 1.54) is 0 Å². The third-order valence-corrected chi connectivity index (χ3v) is 3.68. The quantitative estimate of drug-likeness (QED) is 0.601. The van der Waals surface area contributed by atoms with Gasteiger partial charge in [0, 0.05) is 6.42 Å². The van der Waals surface area contributed by atoms with E-state index in [1.807, 2.05) is 0 Å². The van der Waals surface area contributed by atoms with Gasteiger partial charge in [-0.05, 0) is 0 Å². The molecule has 1 rings (SSSR count). The molecule has 0 saturated heterocycles. The van der Waals surface area contributed by atoms with E-state index in [0.29, 0.717) is 0 Å². The lowest BCUT2D eigenvalue weighted by Crippen LogP contribution is -2.21. The number of carboxylic acid groups (broad SMARTS) is 1. The van der Waals surface area contributed by atoms with E-state index in [2.05, 4.69) is 10.3 Å². The highest BCUT2D eigenvalue weighted by Gasteiger charge is 2.14. The first kappa shape index (κ1) is 14.1. The van der Waals surface area contributed by atoms with Crippen LogP contribution in [0.5, 0.6) is 0 Å². The fourth-order valence-corrected chi connectivity index (χ4v) is 2.28. The van der Waals surface area contributed by atoms with Crippen LogP contribution in [0, 0.1) is 0 Å². The van der Waals surface area contributed by atoms with Gasteiger partial charge in [0.1, 0.15) is 0 Å². The molecular formula is C8H12N4O5S. The summed E-state index contributed by atoms with van der Waals surface area (Å²) in [6.45, 7) is -0.0264. The van der Waals surface area contributed by atoms with Crippen molar-refractivity contribution < 1.29 is 23.1 Å². The van der Waals surface area contributed by atoms with Gasteiger partial charge in [0.15, 0.2) is 15.5 Å². The minimum absolute atomic E-state index is 0.0264. The molecule has 0 bridgehead atoms. The Labute approximate surface area is 102 Å². The summed E-state index contributed by atoms with van der Waals surface area (Å²) in [5.74, 6) is -2.52. The average molecular weight is 276 g/mol. The first-order valence-electron chi connectivity index (χ1n) is 4.92. The van der Waals surface area contributed by atoms with E-state index in [-0.39, 0.29) is 30.2 Å². The molecule has 0 atom stereocenters. The monoisotopic (exact) mass is 276 g/mol. The highest BCUT2D eigenvalue weighted by atomic mass is 32.2. The zero-order valence-electron chi connectivity index (χ0n) is 9.31. The molecule has 1 aromatic rings. The van der Waals surface area contributed by atoms with E-state index in [9.17, 15) is 18.0 Å². The van der Waals surface area contributed by atoms with Crippen molar-refractivity contribution >= 4 is 21.7 Å². The Bertz CT molecular complexity index is 550. The van der Waals surface area contributed by atoms with Crippen molar-refractivity contribution in [1.82, 2.24) is 15.0 Å². The van der Waals surface area contributed by atoms with Gasteiger partial charge in [0.2, 0.25) is 5.91 Å². The molecule has 9 nitrogen and oxygen atoms in total. The van der Waals surface area contributed by atoms with Gasteiger partial charge in [0.05, 0.1) is 24.2 Å². The Morgan fingerprint density at radius 1 is 1.39 bits per heavy atom. The summed E-state index contributed by atoms with van der Waals surface area (Å²) in [7, 11) is -3.42. The zero-order chi connectivity index (χ0) is 13.8. The van der Waals surface area contributed by atoms with Crippen molar-refractivity contribution in [2.75, 3.05) is 11.5 Å². The van der Waals surface area contributed by atoms with Gasteiger partial charge in [-0.1, -0.05) is 5.21 Å². The summed E-state index contributed by atoms with van der Waals surface area (Å²) in [5.41, 5.74) is 4.59. The molecule has 0 spiro atoms. The number of amides is 1. The Kier molecular flexibility index (Phi) is 4.37. The highest BCUT2D eigenvalue weighted by Crippen LogP contribution is 1.98. The Hall–Kier alpha value is -1.97. The Balaban J connectivity index is 2.53. The molecule has 10 heteroatoms. The Morgan fingerprint density at radius 2 is 2.06 bits per heavy atom. The molecule has 1 heterocycles. The van der Waals surface area contributed by atoms with Crippen LogP contribution in [0.2, 0.25) is 0 Å². The number of carboxylic acids is 1. The Morgan fingerprint density at radius 3 is 2.56 bits per heavy atom. The molecule has 0 unspecified atom stereocenters. The van der Waals surface area contributed by atoms with Gasteiger partial charge in [-0.15, -0.1) is 5.10 Å². The van der Waals surface area contributed by atoms with E-state index in [1.54, 1.807) is 0 Å². The first-order chi connectivity index (χ1) is 8.30. The lowest BCUT2D eigenvalue weighted by atomic mass is 10.5. The number of carbonyl (C=O) groups is 2. The third-order valence-electron chi connectivity index (χ3n) is 2.05. The minimum Gasteiger partial charge on any atom is -0.476 e. The number of aryl methyl sites for hydroxylation is 1. The van der Waals surface area contributed by atoms with Gasteiger partial charge < -0.3 is 10.8 Å². The van der Waals surface area contributed by atoms with Crippen LogP contribution >= 0.6 is 0 Å². The predicted octanol–water partition coefficient (Wildman–Crippen LogP) is -1.73. The van der Waals surface area contributed by atoms with Crippen LogP contribution in [0.25, 0.3) is 0 Å². The van der Waals surface area contributed by atoms with Crippen molar-refractivity contribution in [3.8, 4) is 0 Å². The van der Waals surface area contributed by atoms with E-state index < -0.39 is 21.7 Å². The topological polar surface area (TPSA) is 145 Å². The van der Waals surface area contributed by atoms with E-state index >= 15 is 0 Å². The zero-order valence-corrected chi connectivity index (χ0v) is 10.1. The third kappa shape index (κ3) is 4.49. The van der Waals surface area contributed by atoms with Gasteiger partial charge in [0.25, 0.3) is 0 Å². The molecule has 1 aromatic heterocycles. The predicted molar refractivity (Wildman–Crippen MR) is 59.4 cm³/mol. The number of carbonyl (C=O) groups excluding carboxylic acids is 1. The number of primary amides is 1. The smallest absolute Gasteiger partial charge is 0.358 e. The second-order valence-corrected chi connectivity index (χ2v) is 5.84. The molecule has 0 saturated carbocycles. The van der Waals surface area contributed by atoms with Crippen LogP contribution in [0.1, 0.15) is 16.9 Å². The van der Waals surface area contributed by atoms with Gasteiger partial charge in [-0.25, -0.2) is 13.2 Å². The molecule has 0 fully saturated rings. The summed E-state index contributed by atoms with van der Waals surface area (Å²) in [4.78, 5) is 21.0. The summed E-state index contributed by atoms with van der Waals surface area (Å²) < 4.78 is 24.0. The van der Waals surface area contributed by atoms with Gasteiger partial charge >= 0.3 is 5.97 Å². The number of sulfone groups is 1. The van der Waals surface area contributed by atoms with Crippen LogP contribution in [-0.2, 0) is 21.2 Å². The minimum atomic E-state index is -3.42. The maximum absolute atomic E-state index is 11.5. The number of rotatable bonds is 7. The standard InChI is InChI=1S/C8H12N4O5S/c9-7(13)1-3-18(16,17)4-2-12-5-6(8(14)15)10-11-12/h5H,1-4H2,(H2,9,13)(H,14,15). The molecule has 0 aliphatic carbocycles. The number of aromatic nitrogens is 3. The van der Waals surface area contributed by atoms with Crippen LogP contribution in [0.3, 0.4) is 0 Å². The van der Waals surface area contributed by atoms with Gasteiger partial charge in [-0.2, -0.15) is 0 Å². The average Bonchev–Trinajstić information content (AvgIpc) is 2.73. The molecule has 18 heavy (non-hydrogen) atoms. The molecule has 3 N–H and O–H groups in total. The van der Waals surface area contributed by atoms with Crippen molar-refractivity contribution in [2.45, 2.75) is 13.0 Å². The lowest BCUT2D eigenvalue weighted by molar-refractivity contribution is -0.117. The first-order valence-corrected chi connectivity index (χ1v) is 6.74. The van der Waals surface area contributed by atoms with E-state index in [0.717, 1.165) is 10.9 Å². The lowest BCUT2D eigenvalue weighted by Gasteiger charge is -2.02. The van der Waals surface area contributed by atoms with Crippen molar-refractivity contribution in [1.29, 1.82) is 0 Å². The van der Waals surface area contributed by atoms with Gasteiger partial charge in [-0.3, -0.25) is 9.48 Å². The number of hydrogen-bond donors (Lipinski definition) is 2. The largest absolute Gasteiger partial charge is 0.476 e. The highest BCUT2D eigenvalue weighted by molar-refractivity contribution is 7.91. The number of aromatic carboxylic acids is 1. The second-order valence-electron chi connectivity index (χ2n) is 3.54. The fraction of sp³-hybridized carbons (Fsp3) is 0.500. The van der Waals surface area contributed by atoms with Crippen molar-refractivity contribution in [2.24, 2.45) is 5.73 Å². The molecule has 1 amide bonds. The molecule has 0 radical (unpaired) electrons. The fourth-order valence-electron chi connectivity index (χ4n) is 1.10. The molecular weight excluding hydrogens is 264 g/mol. The van der Waals surface area contributed by atoms with Crippen LogP contribution in [-0.4, -0.2) is 51.9 Å². The number of nitrogens with zero attached hydrogens (tertiary/aromatic N) is 3. The summed E-state index contributed by atoms with van der Waals surface area (Å²) in [6.07, 6.45) is 0.895. The summed E-state index contributed by atoms with van der Waals surface area (Å²) >= 11 is 0. The SMILES string of the molecule is NC(=O)CCS(=O)(=O)CCn1cc(C(=O)O)nn1. The number of nitrogens with two attached hydrogens (primary N) is 1. The van der Waals surface area contributed by atoms with Crippen molar-refractivity contribution in [3.63, 3.8) is 0 Å². The second kappa shape index (κ2) is 5.58. The van der Waals surface area contributed by atoms with Crippen LogP contribution in [0.4, 0.5) is 0 Å². The van der Waals surface area contributed by atoms with Crippen LogP contribution < -0.4 is 5.73 Å². The van der Waals surface area contributed by atoms with E-state index in [4.69, 9.17) is 10.8 Å². The van der Waals surface area contributed by atoms with Crippen molar-refractivity contribution in [3.05, 3.63) is 11.9 Å². The maximum Gasteiger partial charge on any atom is 0.358 e. The summed E-state index contributed by atoms with van der Waals surface area (Å²) in [6, 6.07) is 0. The summed E-state index contributed by atoms with van der Waals surface area (Å²) in [5, 5.41) is 15.4. The normalized spacial score (nSPS) is 11.3. The number of hydrogen-bond acceptors (Lipinski definition) is 6. The molecule has 100 valence electrons. The van der Waals surface area contributed by atoms with Crippen LogP contribution in [0.15, 0.2) is 6.20 Å². The maximum atomic E-state index is 11.5. The molecule has 0 aliphatic rings. The molecule has 0 aliphatic heterocycles.